The summed E-state index contributed by atoms with van der Waals surface area (Å²) in [5.41, 5.74) is 2.68. The Bertz CT molecular complexity index is 2140. The topological polar surface area (TPSA) is 160 Å². The maximum Gasteiger partial charge on any atom is 0.255 e. The van der Waals surface area contributed by atoms with E-state index in [4.69, 9.17) is 19.5 Å². The van der Waals surface area contributed by atoms with Gasteiger partial charge in [0.1, 0.15) is 33.5 Å². The van der Waals surface area contributed by atoms with Crippen LogP contribution in [0.15, 0.2) is 107 Å². The van der Waals surface area contributed by atoms with Crippen molar-refractivity contribution >= 4 is 57.8 Å². The molecule has 48 heavy (non-hydrogen) atoms. The van der Waals surface area contributed by atoms with Crippen molar-refractivity contribution in [3.63, 3.8) is 0 Å². The highest BCUT2D eigenvalue weighted by Gasteiger charge is 2.30. The Morgan fingerprint density at radius 3 is 1.54 bits per heavy atom. The SMILES string of the molecule is C=C/C(=C\C)C(=O)Nc1ccc2c(c1)Oc1c(NC(C)=O)c3c(c(NC(C)=O)c1=N2)Oc1cc(NC(=O)/C(C=C)=C/C=C\C)ccc1N=3. The first-order chi connectivity index (χ1) is 23.1. The van der Waals surface area contributed by atoms with Crippen molar-refractivity contribution in [1.29, 1.82) is 0 Å². The summed E-state index contributed by atoms with van der Waals surface area (Å²) in [6.07, 6.45) is 9.70. The Morgan fingerprint density at radius 1 is 0.688 bits per heavy atom. The first-order valence-corrected chi connectivity index (χ1v) is 14.8. The number of hydrogen-bond donors (Lipinski definition) is 4. The summed E-state index contributed by atoms with van der Waals surface area (Å²) in [6, 6.07) is 9.78. The van der Waals surface area contributed by atoms with Crippen LogP contribution in [0, 0.1) is 0 Å². The minimum absolute atomic E-state index is 0.103. The summed E-state index contributed by atoms with van der Waals surface area (Å²) in [6.45, 7) is 13.6. The van der Waals surface area contributed by atoms with E-state index >= 15 is 0 Å². The average molecular weight is 645 g/mol. The van der Waals surface area contributed by atoms with Crippen molar-refractivity contribution in [2.45, 2.75) is 27.7 Å². The zero-order valence-corrected chi connectivity index (χ0v) is 26.7. The Morgan fingerprint density at radius 2 is 1.15 bits per heavy atom. The summed E-state index contributed by atoms with van der Waals surface area (Å²) in [5.74, 6) is -0.819. The van der Waals surface area contributed by atoms with Crippen LogP contribution in [0.2, 0.25) is 0 Å². The van der Waals surface area contributed by atoms with E-state index < -0.39 is 11.8 Å². The van der Waals surface area contributed by atoms with Crippen LogP contribution in [0.4, 0.5) is 34.1 Å². The fourth-order valence-corrected chi connectivity index (χ4v) is 4.85. The Hall–Kier alpha value is -6.56. The van der Waals surface area contributed by atoms with Gasteiger partial charge in [-0.1, -0.05) is 43.5 Å². The first kappa shape index (κ1) is 32.8. The smallest absolute Gasteiger partial charge is 0.255 e. The molecular weight excluding hydrogens is 612 g/mol. The average Bonchev–Trinajstić information content (AvgIpc) is 3.05. The predicted molar refractivity (Wildman–Crippen MR) is 184 cm³/mol. The van der Waals surface area contributed by atoms with Crippen LogP contribution < -0.4 is 41.5 Å². The number of allylic oxidation sites excluding steroid dienone is 4. The molecule has 0 radical (unpaired) electrons. The highest BCUT2D eigenvalue weighted by Crippen LogP contribution is 2.44. The lowest BCUT2D eigenvalue weighted by Crippen LogP contribution is -2.29. The van der Waals surface area contributed by atoms with Crippen LogP contribution in [0.3, 0.4) is 0 Å². The summed E-state index contributed by atoms with van der Waals surface area (Å²) >= 11 is 0. The normalized spacial score (nSPS) is 12.7. The van der Waals surface area contributed by atoms with Gasteiger partial charge >= 0.3 is 0 Å². The van der Waals surface area contributed by atoms with Gasteiger partial charge < -0.3 is 30.7 Å². The lowest BCUT2D eigenvalue weighted by atomic mass is 10.1. The van der Waals surface area contributed by atoms with Crippen molar-refractivity contribution in [3.8, 4) is 23.0 Å². The predicted octanol–water partition coefficient (Wildman–Crippen LogP) is 6.42. The fraction of sp³-hybridized carbons (Fsp3) is 0.111. The summed E-state index contributed by atoms with van der Waals surface area (Å²) in [5, 5.41) is 11.5. The molecule has 0 spiro atoms. The number of carbonyl (C=O) groups excluding carboxylic acids is 4. The van der Waals surface area contributed by atoms with Crippen molar-refractivity contribution in [2.24, 2.45) is 9.98 Å². The van der Waals surface area contributed by atoms with E-state index in [9.17, 15) is 19.2 Å². The van der Waals surface area contributed by atoms with E-state index in [0.29, 0.717) is 33.9 Å². The van der Waals surface area contributed by atoms with Crippen molar-refractivity contribution in [2.75, 3.05) is 21.3 Å². The van der Waals surface area contributed by atoms with Gasteiger partial charge in [0.15, 0.2) is 23.0 Å². The third-order valence-corrected chi connectivity index (χ3v) is 7.03. The number of nitrogens with zero attached hydrogens (tertiary/aromatic N) is 2. The minimum atomic E-state index is -0.423. The molecule has 12 heteroatoms. The van der Waals surface area contributed by atoms with Gasteiger partial charge in [0, 0.05) is 48.5 Å². The molecule has 0 aliphatic carbocycles. The minimum Gasteiger partial charge on any atom is -0.450 e. The van der Waals surface area contributed by atoms with Gasteiger partial charge in [-0.05, 0) is 44.2 Å². The zero-order chi connectivity index (χ0) is 34.5. The van der Waals surface area contributed by atoms with Gasteiger partial charge in [0.05, 0.1) is 0 Å². The highest BCUT2D eigenvalue weighted by molar-refractivity contribution is 6.06. The van der Waals surface area contributed by atoms with Gasteiger partial charge in [-0.3, -0.25) is 19.2 Å². The van der Waals surface area contributed by atoms with Crippen LogP contribution in [0.5, 0.6) is 23.0 Å². The second kappa shape index (κ2) is 13.8. The van der Waals surface area contributed by atoms with Crippen LogP contribution in [0.25, 0.3) is 0 Å². The van der Waals surface area contributed by atoms with Crippen LogP contribution in [0.1, 0.15) is 27.7 Å². The van der Waals surface area contributed by atoms with Gasteiger partial charge in [0.25, 0.3) is 11.8 Å². The van der Waals surface area contributed by atoms with Crippen LogP contribution in [-0.4, -0.2) is 23.6 Å². The zero-order valence-electron chi connectivity index (χ0n) is 26.7. The lowest BCUT2D eigenvalue weighted by Gasteiger charge is -2.24. The van der Waals surface area contributed by atoms with E-state index in [0.717, 1.165) is 0 Å². The van der Waals surface area contributed by atoms with Gasteiger partial charge in [0.2, 0.25) is 11.8 Å². The largest absolute Gasteiger partial charge is 0.450 e. The number of fused-ring (bicyclic) bond motifs is 4. The van der Waals surface area contributed by atoms with E-state index in [1.807, 2.05) is 6.92 Å². The summed E-state index contributed by atoms with van der Waals surface area (Å²) in [4.78, 5) is 59.9. The molecule has 0 saturated heterocycles. The maximum atomic E-state index is 12.8. The molecule has 0 unspecified atom stereocenters. The summed E-state index contributed by atoms with van der Waals surface area (Å²) in [7, 11) is 0. The number of amides is 4. The lowest BCUT2D eigenvalue weighted by molar-refractivity contribution is -0.115. The summed E-state index contributed by atoms with van der Waals surface area (Å²) < 4.78 is 12.7. The monoisotopic (exact) mass is 644 g/mol. The number of hydrogen-bond acceptors (Lipinski definition) is 8. The third kappa shape index (κ3) is 6.67. The number of nitrogens with one attached hydrogen (secondary N) is 4. The van der Waals surface area contributed by atoms with Crippen molar-refractivity contribution in [3.05, 3.63) is 108 Å². The van der Waals surface area contributed by atoms with E-state index in [-0.39, 0.29) is 56.9 Å². The molecule has 4 N–H and O–H groups in total. The molecule has 12 nitrogen and oxygen atoms in total. The Labute approximate surface area is 276 Å². The standard InChI is InChI=1S/C36H32N6O6/c1-7-11-12-22(10-4)36(46)40-24-14-16-26-28(18-24)48-34-30(38-20(6)44)31-33(29(32(34)42-26)37-19(5)43)47-27-17-23(13-15-25(27)41-31)39-35(45)21(8-2)9-3/h7-18H,2,4H2,1,3,5-6H3,(H,37,43)(H,38,44)(H,39,45)(H,40,46)/b11-7-,21-9+,22-12+. The third-order valence-electron chi connectivity index (χ3n) is 7.03. The molecule has 4 amide bonds. The van der Waals surface area contributed by atoms with E-state index in [1.165, 1.54) is 26.0 Å². The van der Waals surface area contributed by atoms with E-state index in [2.05, 4.69) is 34.4 Å². The molecule has 0 fully saturated rings. The fourth-order valence-electron chi connectivity index (χ4n) is 4.85. The molecule has 0 saturated carbocycles. The van der Waals surface area contributed by atoms with Crippen molar-refractivity contribution in [1.82, 2.24) is 0 Å². The molecule has 0 bridgehead atoms. The molecule has 242 valence electrons. The molecule has 2 heterocycles. The Balaban J connectivity index is 1.64. The molecule has 2 aliphatic rings. The van der Waals surface area contributed by atoms with Crippen LogP contribution >= 0.6 is 0 Å². The second-order valence-electron chi connectivity index (χ2n) is 10.5. The number of carbonyl (C=O) groups is 4. The van der Waals surface area contributed by atoms with Crippen molar-refractivity contribution < 1.29 is 28.7 Å². The molecule has 0 aromatic heterocycles. The number of benzene rings is 3. The van der Waals surface area contributed by atoms with Crippen LogP contribution in [-0.2, 0) is 19.2 Å². The quantitative estimate of drug-likeness (QED) is 0.0824. The van der Waals surface area contributed by atoms with Gasteiger partial charge in [-0.2, -0.15) is 0 Å². The first-order valence-electron chi connectivity index (χ1n) is 14.8. The molecular formula is C36H32N6O6. The number of anilines is 4. The maximum absolute atomic E-state index is 12.8. The molecule has 3 aromatic carbocycles. The molecule has 0 atom stereocenters. The van der Waals surface area contributed by atoms with Gasteiger partial charge in [-0.15, -0.1) is 0 Å². The molecule has 2 aliphatic heterocycles. The second-order valence-corrected chi connectivity index (χ2v) is 10.5. The molecule has 3 aromatic rings. The highest BCUT2D eigenvalue weighted by atomic mass is 16.5. The number of ether oxygens (including phenoxy) is 2. The van der Waals surface area contributed by atoms with Gasteiger partial charge in [-0.25, -0.2) is 9.98 Å². The Kier molecular flexibility index (Phi) is 9.46. The molecule has 5 rings (SSSR count). The van der Waals surface area contributed by atoms with E-state index in [1.54, 1.807) is 67.6 Å². The number of rotatable bonds is 9.